The molecule has 0 atom stereocenters. The van der Waals surface area contributed by atoms with E-state index in [1.165, 1.54) is 26.3 Å². The lowest BCUT2D eigenvalue weighted by Gasteiger charge is -2.17. The van der Waals surface area contributed by atoms with E-state index in [1.54, 1.807) is 6.07 Å². The Morgan fingerprint density at radius 3 is 2.63 bits per heavy atom. The summed E-state index contributed by atoms with van der Waals surface area (Å²) >= 11 is 3.20. The van der Waals surface area contributed by atoms with Crippen LogP contribution in [0.4, 0.5) is 5.69 Å². The lowest BCUT2D eigenvalue weighted by molar-refractivity contribution is -0.140. The first-order valence-electron chi connectivity index (χ1n) is 5.37. The molecule has 0 aliphatic heterocycles. The number of halogens is 1. The van der Waals surface area contributed by atoms with Crippen LogP contribution >= 0.6 is 15.9 Å². The van der Waals surface area contributed by atoms with Crippen molar-refractivity contribution in [3.63, 3.8) is 0 Å². The van der Waals surface area contributed by atoms with Crippen LogP contribution in [0.1, 0.15) is 6.42 Å². The fourth-order valence-corrected chi connectivity index (χ4v) is 2.79. The molecule has 0 unspecified atom stereocenters. The number of carbonyl (C=O) groups is 1. The molecule has 19 heavy (non-hydrogen) atoms. The molecule has 0 heterocycles. The molecule has 0 fully saturated rings. The maximum atomic E-state index is 12.2. The van der Waals surface area contributed by atoms with Crippen LogP contribution in [0.2, 0.25) is 0 Å². The summed E-state index contributed by atoms with van der Waals surface area (Å²) in [5.74, 6) is -0.461. The highest BCUT2D eigenvalue weighted by atomic mass is 79.9. The van der Waals surface area contributed by atoms with Crippen molar-refractivity contribution in [3.8, 4) is 0 Å². The van der Waals surface area contributed by atoms with E-state index in [1.807, 2.05) is 0 Å². The first-order chi connectivity index (χ1) is 8.78. The number of nitrogens with zero attached hydrogens (tertiary/aromatic N) is 1. The molecule has 0 saturated carbocycles. The van der Waals surface area contributed by atoms with Crippen LogP contribution in [-0.4, -0.2) is 39.4 Å². The van der Waals surface area contributed by atoms with Gasteiger partial charge in [0.15, 0.2) is 0 Å². The third-order valence-corrected chi connectivity index (χ3v) is 5.11. The molecule has 0 amide bonds. The van der Waals surface area contributed by atoms with Gasteiger partial charge < -0.3 is 10.5 Å². The molecule has 0 spiro atoms. The summed E-state index contributed by atoms with van der Waals surface area (Å²) in [6.07, 6.45) is -0.00175. The van der Waals surface area contributed by atoms with Gasteiger partial charge in [0, 0.05) is 23.8 Å². The van der Waals surface area contributed by atoms with E-state index in [4.69, 9.17) is 5.73 Å². The fourth-order valence-electron chi connectivity index (χ4n) is 1.33. The molecule has 2 N–H and O–H groups in total. The Bertz CT molecular complexity index is 574. The molecule has 1 aromatic carbocycles. The second-order valence-electron chi connectivity index (χ2n) is 3.84. The lowest BCUT2D eigenvalue weighted by atomic mass is 10.3. The topological polar surface area (TPSA) is 89.7 Å². The monoisotopic (exact) mass is 350 g/mol. The predicted molar refractivity (Wildman–Crippen MR) is 75.0 cm³/mol. The zero-order valence-electron chi connectivity index (χ0n) is 10.6. The van der Waals surface area contributed by atoms with E-state index >= 15 is 0 Å². The Morgan fingerprint density at radius 1 is 1.47 bits per heavy atom. The average Bonchev–Trinajstić information content (AvgIpc) is 2.38. The lowest BCUT2D eigenvalue weighted by Crippen LogP contribution is -2.29. The van der Waals surface area contributed by atoms with Crippen LogP contribution in [0.25, 0.3) is 0 Å². The number of benzene rings is 1. The van der Waals surface area contributed by atoms with E-state index < -0.39 is 16.0 Å². The highest BCUT2D eigenvalue weighted by Gasteiger charge is 2.22. The molecule has 0 bridgehead atoms. The van der Waals surface area contributed by atoms with E-state index in [0.29, 0.717) is 10.2 Å². The summed E-state index contributed by atoms with van der Waals surface area (Å²) in [7, 11) is -1.00. The number of esters is 1. The maximum absolute atomic E-state index is 12.2. The third kappa shape index (κ3) is 3.92. The Morgan fingerprint density at radius 2 is 2.11 bits per heavy atom. The summed E-state index contributed by atoms with van der Waals surface area (Å²) in [6, 6.07) is 4.38. The highest BCUT2D eigenvalue weighted by molar-refractivity contribution is 9.10. The van der Waals surface area contributed by atoms with E-state index in [-0.39, 0.29) is 17.9 Å². The number of rotatable bonds is 5. The molecule has 8 heteroatoms. The standard InChI is InChI=1S/C11H15BrN2O4S/c1-14(6-5-11(15)18-2)19(16,17)8-3-4-9(12)10(13)7-8/h3-4,7H,5-6,13H2,1-2H3. The largest absolute Gasteiger partial charge is 0.469 e. The zero-order chi connectivity index (χ0) is 14.6. The minimum absolute atomic E-state index is 0.00175. The normalized spacial score (nSPS) is 11.6. The number of anilines is 1. The first kappa shape index (κ1) is 15.9. The minimum Gasteiger partial charge on any atom is -0.469 e. The number of nitrogens with two attached hydrogens (primary N) is 1. The Balaban J connectivity index is 2.90. The first-order valence-corrected chi connectivity index (χ1v) is 7.60. The second kappa shape index (κ2) is 6.36. The molecule has 0 saturated heterocycles. The Hall–Kier alpha value is -1.12. The summed E-state index contributed by atoms with van der Waals surface area (Å²) in [6.45, 7) is 0.0466. The van der Waals surface area contributed by atoms with E-state index in [2.05, 4.69) is 20.7 Å². The molecule has 1 aromatic rings. The van der Waals surface area contributed by atoms with Gasteiger partial charge in [0.2, 0.25) is 10.0 Å². The number of nitrogen functional groups attached to an aromatic ring is 1. The van der Waals surface area contributed by atoms with Gasteiger partial charge in [-0.15, -0.1) is 0 Å². The quantitative estimate of drug-likeness (QED) is 0.636. The van der Waals surface area contributed by atoms with Gasteiger partial charge in [0.1, 0.15) is 0 Å². The molecular weight excluding hydrogens is 336 g/mol. The number of methoxy groups -OCH3 is 1. The van der Waals surface area contributed by atoms with Crippen molar-refractivity contribution in [2.45, 2.75) is 11.3 Å². The third-order valence-electron chi connectivity index (χ3n) is 2.53. The van der Waals surface area contributed by atoms with Crippen molar-refractivity contribution in [2.75, 3.05) is 26.4 Å². The summed E-state index contributed by atoms with van der Waals surface area (Å²) in [4.78, 5) is 11.1. The fraction of sp³-hybridized carbons (Fsp3) is 0.364. The number of hydrogen-bond donors (Lipinski definition) is 1. The van der Waals surface area contributed by atoms with Crippen LogP contribution in [0.15, 0.2) is 27.6 Å². The van der Waals surface area contributed by atoms with E-state index in [0.717, 1.165) is 4.31 Å². The van der Waals surface area contributed by atoms with Gasteiger partial charge in [-0.3, -0.25) is 4.79 Å². The van der Waals surface area contributed by atoms with E-state index in [9.17, 15) is 13.2 Å². The van der Waals surface area contributed by atoms with Crippen molar-refractivity contribution in [1.29, 1.82) is 0 Å². The van der Waals surface area contributed by atoms with Crippen LogP contribution in [0.5, 0.6) is 0 Å². The molecule has 0 aliphatic carbocycles. The van der Waals surface area contributed by atoms with Gasteiger partial charge in [-0.2, -0.15) is 0 Å². The number of carbonyl (C=O) groups excluding carboxylic acids is 1. The Labute approximate surface area is 120 Å². The SMILES string of the molecule is COC(=O)CCN(C)S(=O)(=O)c1ccc(Br)c(N)c1. The maximum Gasteiger partial charge on any atom is 0.306 e. The highest BCUT2D eigenvalue weighted by Crippen LogP contribution is 2.24. The zero-order valence-corrected chi connectivity index (χ0v) is 13.0. The van der Waals surface area contributed by atoms with Crippen LogP contribution in [0, 0.1) is 0 Å². The number of hydrogen-bond acceptors (Lipinski definition) is 5. The van der Waals surface area contributed by atoms with Crippen LogP contribution in [-0.2, 0) is 19.6 Å². The van der Waals surface area contributed by atoms with Crippen LogP contribution in [0.3, 0.4) is 0 Å². The average molecular weight is 351 g/mol. The molecule has 106 valence electrons. The molecule has 0 radical (unpaired) electrons. The molecule has 0 aromatic heterocycles. The van der Waals surface area contributed by atoms with Crippen LogP contribution < -0.4 is 5.73 Å². The number of ether oxygens (including phenoxy) is 1. The summed E-state index contributed by atoms with van der Waals surface area (Å²) < 4.78 is 30.6. The second-order valence-corrected chi connectivity index (χ2v) is 6.74. The van der Waals surface area contributed by atoms with Gasteiger partial charge in [0.05, 0.1) is 18.4 Å². The van der Waals surface area contributed by atoms with Gasteiger partial charge in [-0.1, -0.05) is 0 Å². The predicted octanol–water partition coefficient (Wildman–Crippen LogP) is 1.21. The van der Waals surface area contributed by atoms with Gasteiger partial charge in [-0.25, -0.2) is 12.7 Å². The molecule has 6 nitrogen and oxygen atoms in total. The van der Waals surface area contributed by atoms with Crippen molar-refractivity contribution < 1.29 is 17.9 Å². The number of sulfonamides is 1. The van der Waals surface area contributed by atoms with Crippen molar-refractivity contribution in [2.24, 2.45) is 0 Å². The minimum atomic E-state index is -3.66. The van der Waals surface area contributed by atoms with Crippen molar-refractivity contribution >= 4 is 37.6 Å². The van der Waals surface area contributed by atoms with Gasteiger partial charge >= 0.3 is 5.97 Å². The molecular formula is C11H15BrN2O4S. The summed E-state index contributed by atoms with van der Waals surface area (Å²) in [5.41, 5.74) is 5.99. The van der Waals surface area contributed by atoms with Gasteiger partial charge in [0.25, 0.3) is 0 Å². The molecule has 1 rings (SSSR count). The van der Waals surface area contributed by atoms with Crippen molar-refractivity contribution in [1.82, 2.24) is 4.31 Å². The van der Waals surface area contributed by atoms with Crippen molar-refractivity contribution in [3.05, 3.63) is 22.7 Å². The van der Waals surface area contributed by atoms with Gasteiger partial charge in [-0.05, 0) is 34.1 Å². The smallest absolute Gasteiger partial charge is 0.306 e. The summed E-state index contributed by atoms with van der Waals surface area (Å²) in [5, 5.41) is 0. The Kier molecular flexibility index (Phi) is 5.33. The molecule has 0 aliphatic rings.